The third kappa shape index (κ3) is 1.88. The van der Waals surface area contributed by atoms with Gasteiger partial charge in [0.25, 0.3) is 5.91 Å². The quantitative estimate of drug-likeness (QED) is 0.652. The van der Waals surface area contributed by atoms with Crippen molar-refractivity contribution in [1.29, 1.82) is 0 Å². The van der Waals surface area contributed by atoms with E-state index >= 15 is 0 Å². The summed E-state index contributed by atoms with van der Waals surface area (Å²) in [5.41, 5.74) is 5.70. The van der Waals surface area contributed by atoms with Crippen molar-refractivity contribution in [3.8, 4) is 0 Å². The Balaban J connectivity index is 2.91. The van der Waals surface area contributed by atoms with Crippen LogP contribution in [0.25, 0.3) is 0 Å². The molecule has 0 aliphatic heterocycles. The molecule has 0 radical (unpaired) electrons. The van der Waals surface area contributed by atoms with Crippen LogP contribution in [-0.2, 0) is 5.88 Å². The first-order valence-electron chi connectivity index (χ1n) is 2.90. The van der Waals surface area contributed by atoms with E-state index < -0.39 is 5.91 Å². The molecular weight excluding hydrogens is 166 g/mol. The highest BCUT2D eigenvalue weighted by atomic mass is 35.5. The van der Waals surface area contributed by atoms with Crippen LogP contribution in [0, 0.1) is 0 Å². The molecule has 0 saturated carbocycles. The molecule has 0 atom stereocenters. The van der Waals surface area contributed by atoms with Crippen molar-refractivity contribution in [2.75, 3.05) is 0 Å². The maximum atomic E-state index is 10.5. The predicted octanol–water partition coefficient (Wildman–Crippen LogP) is 0.314. The van der Waals surface area contributed by atoms with Crippen molar-refractivity contribution in [3.63, 3.8) is 0 Å². The lowest BCUT2D eigenvalue weighted by molar-refractivity contribution is 0.0995. The summed E-state index contributed by atoms with van der Waals surface area (Å²) in [5, 5.41) is 0. The lowest BCUT2D eigenvalue weighted by Gasteiger charge is -1.94. The molecule has 0 aliphatic carbocycles. The molecule has 5 heteroatoms. The number of aromatic nitrogens is 2. The average molecular weight is 172 g/mol. The molecule has 0 spiro atoms. The molecule has 0 unspecified atom stereocenters. The smallest absolute Gasteiger partial charge is 0.268 e. The molecule has 1 amide bonds. The van der Waals surface area contributed by atoms with E-state index in [1.165, 1.54) is 12.4 Å². The van der Waals surface area contributed by atoms with Gasteiger partial charge in [0.05, 0.1) is 24.0 Å². The second kappa shape index (κ2) is 3.30. The molecule has 0 aromatic carbocycles. The monoisotopic (exact) mass is 171 g/mol. The van der Waals surface area contributed by atoms with E-state index in [4.69, 9.17) is 17.3 Å². The minimum absolute atomic E-state index is 0.152. The van der Waals surface area contributed by atoms with E-state index in [1.807, 2.05) is 0 Å². The summed E-state index contributed by atoms with van der Waals surface area (Å²) < 4.78 is 0. The number of rotatable bonds is 2. The molecule has 11 heavy (non-hydrogen) atoms. The van der Waals surface area contributed by atoms with Crippen LogP contribution in [0.3, 0.4) is 0 Å². The van der Waals surface area contributed by atoms with Gasteiger partial charge >= 0.3 is 0 Å². The molecular formula is C6H6ClN3O. The van der Waals surface area contributed by atoms with Crippen molar-refractivity contribution >= 4 is 17.5 Å². The van der Waals surface area contributed by atoms with Crippen molar-refractivity contribution in [1.82, 2.24) is 9.97 Å². The van der Waals surface area contributed by atoms with Gasteiger partial charge in [-0.15, -0.1) is 11.6 Å². The lowest BCUT2D eigenvalue weighted by atomic mass is 10.4. The van der Waals surface area contributed by atoms with E-state index in [2.05, 4.69) is 9.97 Å². The van der Waals surface area contributed by atoms with Crippen molar-refractivity contribution in [3.05, 3.63) is 23.8 Å². The number of primary amides is 1. The molecule has 1 rings (SSSR count). The molecule has 1 aromatic rings. The summed E-state index contributed by atoms with van der Waals surface area (Å²) in [4.78, 5) is 18.0. The van der Waals surface area contributed by atoms with Crippen LogP contribution in [-0.4, -0.2) is 15.9 Å². The van der Waals surface area contributed by atoms with E-state index in [-0.39, 0.29) is 11.6 Å². The Morgan fingerprint density at radius 3 is 2.64 bits per heavy atom. The van der Waals surface area contributed by atoms with Gasteiger partial charge in [0.15, 0.2) is 0 Å². The highest BCUT2D eigenvalue weighted by Crippen LogP contribution is 1.97. The Bertz CT molecular complexity index is 259. The second-order valence-corrected chi connectivity index (χ2v) is 2.16. The first kappa shape index (κ1) is 7.94. The van der Waals surface area contributed by atoms with Gasteiger partial charge in [-0.25, -0.2) is 4.98 Å². The lowest BCUT2D eigenvalue weighted by Crippen LogP contribution is -2.13. The maximum absolute atomic E-state index is 10.5. The minimum Gasteiger partial charge on any atom is -0.364 e. The van der Waals surface area contributed by atoms with Crippen LogP contribution in [0.1, 0.15) is 16.2 Å². The zero-order valence-corrected chi connectivity index (χ0v) is 6.38. The molecule has 0 saturated heterocycles. The first-order chi connectivity index (χ1) is 5.24. The normalized spacial score (nSPS) is 9.55. The maximum Gasteiger partial charge on any atom is 0.268 e. The summed E-state index contributed by atoms with van der Waals surface area (Å²) in [6.45, 7) is 0. The Hall–Kier alpha value is -1.16. The number of amides is 1. The van der Waals surface area contributed by atoms with Gasteiger partial charge in [0.2, 0.25) is 0 Å². The number of carbonyl (C=O) groups is 1. The molecule has 0 bridgehead atoms. The zero-order valence-electron chi connectivity index (χ0n) is 5.62. The highest BCUT2D eigenvalue weighted by molar-refractivity contribution is 6.16. The van der Waals surface area contributed by atoms with Gasteiger partial charge in [-0.1, -0.05) is 0 Å². The number of carbonyl (C=O) groups excluding carboxylic acids is 1. The Labute approximate surface area is 68.4 Å². The van der Waals surface area contributed by atoms with Gasteiger partial charge in [0.1, 0.15) is 5.69 Å². The van der Waals surface area contributed by atoms with Gasteiger partial charge in [-0.05, 0) is 0 Å². The average Bonchev–Trinajstić information content (AvgIpc) is 2.05. The molecule has 1 heterocycles. The van der Waals surface area contributed by atoms with Gasteiger partial charge in [-0.3, -0.25) is 9.78 Å². The predicted molar refractivity (Wildman–Crippen MR) is 40.1 cm³/mol. The Morgan fingerprint density at radius 2 is 2.27 bits per heavy atom. The number of hydrogen-bond donors (Lipinski definition) is 1. The third-order valence-electron chi connectivity index (χ3n) is 1.09. The van der Waals surface area contributed by atoms with Crippen LogP contribution in [0.15, 0.2) is 12.4 Å². The molecule has 4 nitrogen and oxygen atoms in total. The summed E-state index contributed by atoms with van der Waals surface area (Å²) >= 11 is 5.44. The topological polar surface area (TPSA) is 68.9 Å². The van der Waals surface area contributed by atoms with Gasteiger partial charge in [0, 0.05) is 0 Å². The third-order valence-corrected chi connectivity index (χ3v) is 1.37. The molecule has 58 valence electrons. The molecule has 0 aliphatic rings. The van der Waals surface area contributed by atoms with E-state index in [9.17, 15) is 4.79 Å². The SMILES string of the molecule is NC(=O)c1cnc(CCl)cn1. The van der Waals surface area contributed by atoms with E-state index in [0.717, 1.165) is 0 Å². The molecule has 2 N–H and O–H groups in total. The fourth-order valence-electron chi connectivity index (χ4n) is 0.551. The fourth-order valence-corrected chi connectivity index (χ4v) is 0.689. The number of nitrogens with zero attached hydrogens (tertiary/aromatic N) is 2. The van der Waals surface area contributed by atoms with Gasteiger partial charge < -0.3 is 5.73 Å². The first-order valence-corrected chi connectivity index (χ1v) is 3.44. The van der Waals surface area contributed by atoms with E-state index in [0.29, 0.717) is 5.69 Å². The standard InChI is InChI=1S/C6H6ClN3O/c7-1-4-2-10-5(3-9-4)6(8)11/h2-3H,1H2,(H2,8,11). The second-order valence-electron chi connectivity index (χ2n) is 1.89. The van der Waals surface area contributed by atoms with Crippen molar-refractivity contribution in [2.45, 2.75) is 5.88 Å². The summed E-state index contributed by atoms with van der Waals surface area (Å²) in [6, 6.07) is 0. The van der Waals surface area contributed by atoms with Crippen LogP contribution in [0.2, 0.25) is 0 Å². The summed E-state index contributed by atoms with van der Waals surface area (Å²) in [7, 11) is 0. The highest BCUT2D eigenvalue weighted by Gasteiger charge is 2.00. The van der Waals surface area contributed by atoms with E-state index in [1.54, 1.807) is 0 Å². The summed E-state index contributed by atoms with van der Waals surface area (Å²) in [5.74, 6) is -0.301. The minimum atomic E-state index is -0.585. The van der Waals surface area contributed by atoms with Gasteiger partial charge in [-0.2, -0.15) is 0 Å². The number of hydrogen-bond acceptors (Lipinski definition) is 3. The Kier molecular flexibility index (Phi) is 2.38. The molecule has 0 fully saturated rings. The van der Waals surface area contributed by atoms with Crippen molar-refractivity contribution in [2.24, 2.45) is 5.73 Å². The van der Waals surface area contributed by atoms with Crippen LogP contribution >= 0.6 is 11.6 Å². The van der Waals surface area contributed by atoms with Crippen LogP contribution < -0.4 is 5.73 Å². The van der Waals surface area contributed by atoms with Crippen LogP contribution in [0.4, 0.5) is 0 Å². The zero-order chi connectivity index (χ0) is 8.27. The van der Waals surface area contributed by atoms with Crippen LogP contribution in [0.5, 0.6) is 0 Å². The number of halogens is 1. The summed E-state index contributed by atoms with van der Waals surface area (Å²) in [6.07, 6.45) is 2.73. The molecule has 1 aromatic heterocycles. The largest absolute Gasteiger partial charge is 0.364 e. The number of alkyl halides is 1. The van der Waals surface area contributed by atoms with Crippen molar-refractivity contribution < 1.29 is 4.79 Å². The number of nitrogens with two attached hydrogens (primary N) is 1. The Morgan fingerprint density at radius 1 is 1.55 bits per heavy atom. The fraction of sp³-hybridized carbons (Fsp3) is 0.167.